The predicted molar refractivity (Wildman–Crippen MR) is 62.6 cm³/mol. The fraction of sp³-hybridized carbons (Fsp3) is 0.333. The van der Waals surface area contributed by atoms with Crippen molar-refractivity contribution in [1.29, 1.82) is 0 Å². The molecule has 0 saturated carbocycles. The molecule has 0 amide bonds. The van der Waals surface area contributed by atoms with Crippen LogP contribution in [0, 0.1) is 6.92 Å². The van der Waals surface area contributed by atoms with Gasteiger partial charge in [-0.25, -0.2) is 0 Å². The Balaban J connectivity index is 1.93. The number of nitrogens with two attached hydrogens (primary N) is 1. The molecule has 0 atom stereocenters. The molecular formula is C12H15N3O2. The Kier molecular flexibility index (Phi) is 3.72. The van der Waals surface area contributed by atoms with Gasteiger partial charge in [-0.3, -0.25) is 0 Å². The molecule has 2 rings (SSSR count). The van der Waals surface area contributed by atoms with E-state index in [1.807, 2.05) is 31.2 Å². The first kappa shape index (κ1) is 11.6. The van der Waals surface area contributed by atoms with Crippen LogP contribution in [0.15, 0.2) is 28.7 Å². The molecule has 1 aromatic heterocycles. The van der Waals surface area contributed by atoms with Gasteiger partial charge in [0.05, 0.1) is 0 Å². The van der Waals surface area contributed by atoms with Gasteiger partial charge >= 0.3 is 0 Å². The lowest BCUT2D eigenvalue weighted by molar-refractivity contribution is 0.259. The molecule has 0 radical (unpaired) electrons. The quantitative estimate of drug-likeness (QED) is 0.846. The van der Waals surface area contributed by atoms with Gasteiger partial charge in [-0.1, -0.05) is 12.1 Å². The van der Waals surface area contributed by atoms with Gasteiger partial charge in [-0.05, 0) is 24.6 Å². The van der Waals surface area contributed by atoms with Crippen LogP contribution in [-0.4, -0.2) is 16.7 Å². The van der Waals surface area contributed by atoms with Crippen molar-refractivity contribution < 1.29 is 9.15 Å². The van der Waals surface area contributed by atoms with Gasteiger partial charge in [0.15, 0.2) is 6.61 Å². The van der Waals surface area contributed by atoms with E-state index < -0.39 is 0 Å². The summed E-state index contributed by atoms with van der Waals surface area (Å²) in [6.07, 6.45) is 0.595. The Morgan fingerprint density at radius 2 is 2.12 bits per heavy atom. The van der Waals surface area contributed by atoms with Crippen molar-refractivity contribution in [2.45, 2.75) is 20.0 Å². The molecule has 2 N–H and O–H groups in total. The molecular weight excluding hydrogens is 218 g/mol. The summed E-state index contributed by atoms with van der Waals surface area (Å²) in [6, 6.07) is 7.80. The van der Waals surface area contributed by atoms with Crippen molar-refractivity contribution in [1.82, 2.24) is 10.2 Å². The first-order chi connectivity index (χ1) is 8.28. The van der Waals surface area contributed by atoms with Crippen molar-refractivity contribution in [2.24, 2.45) is 5.73 Å². The highest BCUT2D eigenvalue weighted by atomic mass is 16.5. The first-order valence-corrected chi connectivity index (χ1v) is 5.48. The van der Waals surface area contributed by atoms with E-state index in [0.717, 1.165) is 11.3 Å². The third-order valence-electron chi connectivity index (χ3n) is 2.22. The Labute approximate surface area is 99.6 Å². The van der Waals surface area contributed by atoms with Crippen LogP contribution in [0.3, 0.4) is 0 Å². The Morgan fingerprint density at radius 3 is 2.88 bits per heavy atom. The van der Waals surface area contributed by atoms with Gasteiger partial charge in [-0.2, -0.15) is 0 Å². The minimum Gasteiger partial charge on any atom is -0.484 e. The summed E-state index contributed by atoms with van der Waals surface area (Å²) >= 11 is 0. The summed E-state index contributed by atoms with van der Waals surface area (Å²) in [5.41, 5.74) is 6.54. The van der Waals surface area contributed by atoms with Crippen LogP contribution in [0.4, 0.5) is 0 Å². The van der Waals surface area contributed by atoms with Crippen LogP contribution >= 0.6 is 0 Å². The minimum atomic E-state index is 0.279. The maximum atomic E-state index is 5.54. The summed E-state index contributed by atoms with van der Waals surface area (Å²) in [5.74, 6) is 1.81. The largest absolute Gasteiger partial charge is 0.484 e. The number of nitrogens with zero attached hydrogens (tertiary/aromatic N) is 2. The first-order valence-electron chi connectivity index (χ1n) is 5.48. The third kappa shape index (κ3) is 3.29. The third-order valence-corrected chi connectivity index (χ3v) is 2.22. The summed E-state index contributed by atoms with van der Waals surface area (Å²) in [7, 11) is 0. The average molecular weight is 233 g/mol. The Morgan fingerprint density at radius 1 is 1.29 bits per heavy atom. The highest BCUT2D eigenvalue weighted by Gasteiger charge is 2.05. The van der Waals surface area contributed by atoms with Crippen molar-refractivity contribution in [3.8, 4) is 5.75 Å². The standard InChI is InChI=1S/C12H15N3O2/c1-9-3-2-4-10(7-9)16-8-12-15-14-11(17-12)5-6-13/h2-4,7H,5-6,8,13H2,1H3. The summed E-state index contributed by atoms with van der Waals surface area (Å²) in [6.45, 7) is 2.79. The number of hydrogen-bond acceptors (Lipinski definition) is 5. The van der Waals surface area contributed by atoms with Crippen LogP contribution in [0.2, 0.25) is 0 Å². The highest BCUT2D eigenvalue weighted by molar-refractivity contribution is 5.27. The number of hydrogen-bond donors (Lipinski definition) is 1. The van der Waals surface area contributed by atoms with Gasteiger partial charge in [0.1, 0.15) is 5.75 Å². The van der Waals surface area contributed by atoms with E-state index >= 15 is 0 Å². The molecule has 0 spiro atoms. The van der Waals surface area contributed by atoms with E-state index in [4.69, 9.17) is 14.9 Å². The predicted octanol–water partition coefficient (Wildman–Crippen LogP) is 1.46. The van der Waals surface area contributed by atoms with E-state index in [9.17, 15) is 0 Å². The molecule has 5 nitrogen and oxygen atoms in total. The van der Waals surface area contributed by atoms with Crippen LogP contribution < -0.4 is 10.5 Å². The van der Waals surface area contributed by atoms with Gasteiger partial charge in [0.2, 0.25) is 5.89 Å². The molecule has 0 aliphatic carbocycles. The van der Waals surface area contributed by atoms with Crippen LogP contribution in [0.1, 0.15) is 17.3 Å². The number of benzene rings is 1. The Bertz CT molecular complexity index is 482. The molecule has 1 aromatic carbocycles. The molecule has 17 heavy (non-hydrogen) atoms. The topological polar surface area (TPSA) is 74.2 Å². The normalized spacial score (nSPS) is 10.5. The second-order valence-corrected chi connectivity index (χ2v) is 3.73. The zero-order chi connectivity index (χ0) is 12.1. The smallest absolute Gasteiger partial charge is 0.253 e. The lowest BCUT2D eigenvalue weighted by Gasteiger charge is -2.03. The molecule has 90 valence electrons. The van der Waals surface area contributed by atoms with Crippen molar-refractivity contribution in [2.75, 3.05) is 6.54 Å². The zero-order valence-electron chi connectivity index (χ0n) is 9.72. The number of aryl methyl sites for hydroxylation is 1. The lowest BCUT2D eigenvalue weighted by Crippen LogP contribution is -2.02. The van der Waals surface area contributed by atoms with E-state index in [1.54, 1.807) is 0 Å². The van der Waals surface area contributed by atoms with E-state index in [0.29, 0.717) is 24.7 Å². The fourth-order valence-corrected chi connectivity index (χ4v) is 1.42. The molecule has 0 aliphatic heterocycles. The number of rotatable bonds is 5. The maximum Gasteiger partial charge on any atom is 0.253 e. The second kappa shape index (κ2) is 5.45. The zero-order valence-corrected chi connectivity index (χ0v) is 9.72. The van der Waals surface area contributed by atoms with Crippen molar-refractivity contribution in [3.05, 3.63) is 41.6 Å². The molecule has 1 heterocycles. The van der Waals surface area contributed by atoms with E-state index in [2.05, 4.69) is 10.2 Å². The van der Waals surface area contributed by atoms with Gasteiger partial charge in [0.25, 0.3) is 5.89 Å². The minimum absolute atomic E-state index is 0.279. The highest BCUT2D eigenvalue weighted by Crippen LogP contribution is 2.14. The monoisotopic (exact) mass is 233 g/mol. The molecule has 0 saturated heterocycles. The van der Waals surface area contributed by atoms with Crippen LogP contribution in [0.25, 0.3) is 0 Å². The van der Waals surface area contributed by atoms with Gasteiger partial charge in [-0.15, -0.1) is 10.2 Å². The number of aromatic nitrogens is 2. The number of ether oxygens (including phenoxy) is 1. The van der Waals surface area contributed by atoms with Crippen molar-refractivity contribution >= 4 is 0 Å². The molecule has 2 aromatic rings. The second-order valence-electron chi connectivity index (χ2n) is 3.73. The SMILES string of the molecule is Cc1cccc(OCc2nnc(CCN)o2)c1. The van der Waals surface area contributed by atoms with Crippen LogP contribution in [0.5, 0.6) is 5.75 Å². The molecule has 0 bridgehead atoms. The lowest BCUT2D eigenvalue weighted by atomic mass is 10.2. The van der Waals surface area contributed by atoms with Gasteiger partial charge < -0.3 is 14.9 Å². The fourth-order valence-electron chi connectivity index (χ4n) is 1.42. The van der Waals surface area contributed by atoms with E-state index in [-0.39, 0.29) is 6.61 Å². The van der Waals surface area contributed by atoms with Crippen LogP contribution in [-0.2, 0) is 13.0 Å². The summed E-state index contributed by atoms with van der Waals surface area (Å²) in [4.78, 5) is 0. The molecule has 5 heteroatoms. The Hall–Kier alpha value is -1.88. The van der Waals surface area contributed by atoms with Crippen molar-refractivity contribution in [3.63, 3.8) is 0 Å². The molecule has 0 aliphatic rings. The molecule has 0 fully saturated rings. The van der Waals surface area contributed by atoms with E-state index in [1.165, 1.54) is 0 Å². The summed E-state index contributed by atoms with van der Waals surface area (Å²) in [5, 5.41) is 7.73. The summed E-state index contributed by atoms with van der Waals surface area (Å²) < 4.78 is 10.9. The molecule has 0 unspecified atom stereocenters. The maximum absolute atomic E-state index is 5.54. The average Bonchev–Trinajstić information content (AvgIpc) is 2.75. The van der Waals surface area contributed by atoms with Gasteiger partial charge in [0, 0.05) is 13.0 Å².